The lowest BCUT2D eigenvalue weighted by Crippen LogP contribution is -2.38. The van der Waals surface area contributed by atoms with E-state index in [1.807, 2.05) is 0 Å². The van der Waals surface area contributed by atoms with Gasteiger partial charge < -0.3 is 5.21 Å². The second-order valence-corrected chi connectivity index (χ2v) is 2.01. The quantitative estimate of drug-likeness (QED) is 0.377. The lowest BCUT2D eigenvalue weighted by Gasteiger charge is -2.07. The summed E-state index contributed by atoms with van der Waals surface area (Å²) in [7, 11) is 3.47. The molecule has 10 heavy (non-hydrogen) atoms. The molecule has 54 valence electrons. The molecule has 1 rings (SSSR count). The van der Waals surface area contributed by atoms with Crippen LogP contribution in [0.3, 0.4) is 0 Å². The molecular weight excluding hydrogens is 132 g/mol. The third-order valence-corrected chi connectivity index (χ3v) is 0.999. The molecule has 0 amide bonds. The summed E-state index contributed by atoms with van der Waals surface area (Å²) >= 11 is 0. The van der Waals surface area contributed by atoms with E-state index in [9.17, 15) is 5.21 Å². The molecule has 0 bridgehead atoms. The first-order valence-electron chi connectivity index (χ1n) is 2.80. The highest BCUT2D eigenvalue weighted by Crippen LogP contribution is 1.92. The van der Waals surface area contributed by atoms with Gasteiger partial charge >= 0.3 is 5.95 Å². The average molecular weight is 140 g/mol. The van der Waals surface area contributed by atoms with Gasteiger partial charge in [-0.2, -0.15) is 0 Å². The van der Waals surface area contributed by atoms with Crippen molar-refractivity contribution in [3.05, 3.63) is 17.6 Å². The van der Waals surface area contributed by atoms with Crippen LogP contribution in [-0.4, -0.2) is 24.2 Å². The molecule has 0 aliphatic heterocycles. The molecule has 0 radical (unpaired) electrons. The number of hydrogen-bond donors (Lipinski definition) is 0. The van der Waals surface area contributed by atoms with Crippen LogP contribution in [0.4, 0.5) is 5.95 Å². The normalized spacial score (nSPS) is 9.40. The first-order chi connectivity index (χ1) is 4.72. The minimum atomic E-state index is 0.294. The van der Waals surface area contributed by atoms with Gasteiger partial charge in [0.05, 0.1) is 20.3 Å². The Bertz CT molecular complexity index is 225. The van der Waals surface area contributed by atoms with Crippen molar-refractivity contribution in [2.75, 3.05) is 19.0 Å². The van der Waals surface area contributed by atoms with Gasteiger partial charge in [0.15, 0.2) is 0 Å². The van der Waals surface area contributed by atoms with E-state index in [4.69, 9.17) is 0 Å². The second-order valence-electron chi connectivity index (χ2n) is 2.01. The van der Waals surface area contributed by atoms with E-state index in [0.717, 1.165) is 0 Å². The molecule has 0 atom stereocenters. The van der Waals surface area contributed by atoms with E-state index in [1.54, 1.807) is 19.0 Å². The van der Waals surface area contributed by atoms with Crippen molar-refractivity contribution in [1.82, 2.24) is 10.1 Å². The maximum absolute atomic E-state index is 10.8. The van der Waals surface area contributed by atoms with Crippen LogP contribution in [0.2, 0.25) is 0 Å². The van der Waals surface area contributed by atoms with Crippen molar-refractivity contribution in [3.63, 3.8) is 0 Å². The molecule has 1 heterocycles. The van der Waals surface area contributed by atoms with Crippen LogP contribution in [-0.2, 0) is 0 Å². The third kappa shape index (κ3) is 1.12. The largest absolute Gasteiger partial charge is 0.722 e. The van der Waals surface area contributed by atoms with Crippen LogP contribution in [0.15, 0.2) is 12.4 Å². The van der Waals surface area contributed by atoms with Crippen molar-refractivity contribution in [3.8, 4) is 0 Å². The van der Waals surface area contributed by atoms with Gasteiger partial charge in [-0.05, 0) is 0 Å². The van der Waals surface area contributed by atoms with E-state index in [2.05, 4.69) is 10.1 Å². The van der Waals surface area contributed by atoms with Crippen molar-refractivity contribution in [2.45, 2.75) is 0 Å². The molecule has 0 aliphatic rings. The second kappa shape index (κ2) is 2.47. The molecule has 0 fully saturated rings. The van der Waals surface area contributed by atoms with Gasteiger partial charge in [0, 0.05) is 0 Å². The van der Waals surface area contributed by atoms with Crippen LogP contribution >= 0.6 is 0 Å². The fraction of sp³-hybridized carbons (Fsp3) is 0.400. The molecule has 5 heteroatoms. The molecule has 1 aromatic rings. The number of rotatable bonds is 1. The zero-order valence-electron chi connectivity index (χ0n) is 5.85. The van der Waals surface area contributed by atoms with Crippen molar-refractivity contribution in [1.29, 1.82) is 0 Å². The van der Waals surface area contributed by atoms with Crippen molar-refractivity contribution >= 4 is 5.95 Å². The van der Waals surface area contributed by atoms with Crippen LogP contribution < -0.4 is 9.75 Å². The molecular formula is C5H8N4O. The van der Waals surface area contributed by atoms with Gasteiger partial charge in [0.25, 0.3) is 0 Å². The molecule has 0 saturated heterocycles. The molecule has 0 N–H and O–H groups in total. The minimum absolute atomic E-state index is 0.294. The molecule has 0 aromatic carbocycles. The summed E-state index contributed by atoms with van der Waals surface area (Å²) in [6, 6.07) is 0. The van der Waals surface area contributed by atoms with Crippen molar-refractivity contribution in [2.24, 2.45) is 0 Å². The molecule has 0 spiro atoms. The predicted molar refractivity (Wildman–Crippen MR) is 35.3 cm³/mol. The van der Waals surface area contributed by atoms with Gasteiger partial charge in [0.2, 0.25) is 0 Å². The highest BCUT2D eigenvalue weighted by atomic mass is 16.5. The summed E-state index contributed by atoms with van der Waals surface area (Å²) in [4.78, 5) is 5.86. The Balaban J connectivity index is 3.03. The number of nitrogens with zero attached hydrogens (tertiary/aromatic N) is 4. The van der Waals surface area contributed by atoms with E-state index >= 15 is 0 Å². The van der Waals surface area contributed by atoms with Gasteiger partial charge in [0.1, 0.15) is 6.20 Å². The average Bonchev–Trinajstić information content (AvgIpc) is 1.88. The lowest BCUT2D eigenvalue weighted by atomic mass is 10.8. The van der Waals surface area contributed by atoms with Crippen LogP contribution in [0.1, 0.15) is 0 Å². The summed E-state index contributed by atoms with van der Waals surface area (Å²) in [6.07, 6.45) is 2.82. The fourth-order valence-electron chi connectivity index (χ4n) is 0.578. The fourth-order valence-corrected chi connectivity index (χ4v) is 0.578. The lowest BCUT2D eigenvalue weighted by molar-refractivity contribution is -0.659. The monoisotopic (exact) mass is 140 g/mol. The van der Waals surface area contributed by atoms with Gasteiger partial charge in [-0.1, -0.05) is 4.98 Å². The zero-order valence-corrected chi connectivity index (χ0v) is 5.85. The van der Waals surface area contributed by atoms with Crippen LogP contribution in [0, 0.1) is 5.21 Å². The summed E-state index contributed by atoms with van der Waals surface area (Å²) in [6.45, 7) is 0. The summed E-state index contributed by atoms with van der Waals surface area (Å²) in [5.41, 5.74) is 0. The maximum Gasteiger partial charge on any atom is 0.414 e. The van der Waals surface area contributed by atoms with E-state index in [1.165, 1.54) is 12.4 Å². The summed E-state index contributed by atoms with van der Waals surface area (Å²) in [5, 5.41) is 14.2. The van der Waals surface area contributed by atoms with Gasteiger partial charge in [-0.15, -0.1) is 9.94 Å². The Morgan fingerprint density at radius 2 is 2.20 bits per heavy atom. The molecule has 0 unspecified atom stereocenters. The van der Waals surface area contributed by atoms with E-state index in [-0.39, 0.29) is 0 Å². The Morgan fingerprint density at radius 1 is 1.50 bits per heavy atom. The zero-order chi connectivity index (χ0) is 7.56. The van der Waals surface area contributed by atoms with E-state index < -0.39 is 0 Å². The van der Waals surface area contributed by atoms with Gasteiger partial charge in [-0.3, -0.25) is 4.90 Å². The van der Waals surface area contributed by atoms with Crippen LogP contribution in [0.5, 0.6) is 0 Å². The standard InChI is InChI=1S/C5H8N4O/c1-8(2)5-6-3-4-7-9(5)10/h3-4H,1-2H3. The topological polar surface area (TPSA) is 56.0 Å². The first kappa shape index (κ1) is 6.73. The number of anilines is 1. The highest BCUT2D eigenvalue weighted by Gasteiger charge is 2.06. The first-order valence-corrected chi connectivity index (χ1v) is 2.80. The maximum atomic E-state index is 10.8. The van der Waals surface area contributed by atoms with Crippen molar-refractivity contribution < 1.29 is 4.85 Å². The Labute approximate surface area is 58.5 Å². The Hall–Kier alpha value is -1.39. The highest BCUT2D eigenvalue weighted by molar-refractivity contribution is 5.16. The molecule has 0 aliphatic carbocycles. The summed E-state index contributed by atoms with van der Waals surface area (Å²) < 4.78 is 0. The SMILES string of the molecule is CN(C)c1nccn[n+]1[O-]. The summed E-state index contributed by atoms with van der Waals surface area (Å²) in [5.74, 6) is 0.294. The number of hydrogen-bond acceptors (Lipinski definition) is 4. The Morgan fingerprint density at radius 3 is 2.60 bits per heavy atom. The smallest absolute Gasteiger partial charge is 0.414 e. The molecule has 1 aromatic heterocycles. The number of aromatic nitrogens is 3. The molecule has 5 nitrogen and oxygen atoms in total. The third-order valence-electron chi connectivity index (χ3n) is 0.999. The molecule has 0 saturated carbocycles. The minimum Gasteiger partial charge on any atom is -0.722 e. The predicted octanol–water partition coefficient (Wildman–Crippen LogP) is -0.824. The van der Waals surface area contributed by atoms with Gasteiger partial charge in [-0.25, -0.2) is 0 Å². The van der Waals surface area contributed by atoms with E-state index in [0.29, 0.717) is 10.8 Å². The Kier molecular flexibility index (Phi) is 1.66. The van der Waals surface area contributed by atoms with Crippen LogP contribution in [0.25, 0.3) is 0 Å².